The molecule has 0 aliphatic heterocycles. The normalized spacial score (nSPS) is 11.6. The van der Waals surface area contributed by atoms with E-state index in [2.05, 4.69) is 0 Å². The van der Waals surface area contributed by atoms with E-state index in [4.69, 9.17) is 11.6 Å². The average molecular weight is 269 g/mol. The van der Waals surface area contributed by atoms with Gasteiger partial charge in [0.15, 0.2) is 5.78 Å². The molecule has 1 N–H and O–H groups in total. The number of benzene rings is 1. The number of Topliss-reactive ketones (excluding diaryl/α,β-unsaturated/α-hetero) is 1. The Morgan fingerprint density at radius 1 is 1.33 bits per heavy atom. The molecule has 1 rings (SSSR count). The molecule has 0 amide bonds. The fraction of sp³-hybridized carbons (Fsp3) is 0.533. The molecule has 0 spiro atoms. The Hall–Kier alpha value is -1.02. The van der Waals surface area contributed by atoms with Crippen LogP contribution in [0.1, 0.15) is 55.1 Å². The zero-order valence-electron chi connectivity index (χ0n) is 11.5. The van der Waals surface area contributed by atoms with Crippen LogP contribution < -0.4 is 0 Å². The number of phenolic OH excluding ortho intramolecular Hbond substituents is 1. The summed E-state index contributed by atoms with van der Waals surface area (Å²) in [4.78, 5) is 12.0. The van der Waals surface area contributed by atoms with E-state index in [1.54, 1.807) is 6.07 Å². The van der Waals surface area contributed by atoms with Crippen molar-refractivity contribution >= 4 is 17.4 Å². The quantitative estimate of drug-likeness (QED) is 0.656. The maximum atomic E-state index is 12.0. The van der Waals surface area contributed by atoms with Crippen LogP contribution in [0.4, 0.5) is 0 Å². The highest BCUT2D eigenvalue weighted by molar-refractivity contribution is 6.18. The van der Waals surface area contributed by atoms with Gasteiger partial charge in [-0.2, -0.15) is 0 Å². The van der Waals surface area contributed by atoms with Gasteiger partial charge in [-0.05, 0) is 30.4 Å². The van der Waals surface area contributed by atoms with Crippen molar-refractivity contribution in [2.75, 3.05) is 5.88 Å². The summed E-state index contributed by atoms with van der Waals surface area (Å²) in [6, 6.07) is 3.69. The summed E-state index contributed by atoms with van der Waals surface area (Å²) >= 11 is 5.59. The van der Waals surface area contributed by atoms with Crippen molar-refractivity contribution in [1.29, 1.82) is 0 Å². The van der Waals surface area contributed by atoms with E-state index in [9.17, 15) is 9.90 Å². The topological polar surface area (TPSA) is 37.3 Å². The first-order valence-corrected chi connectivity index (χ1v) is 6.74. The van der Waals surface area contributed by atoms with Crippen molar-refractivity contribution in [2.24, 2.45) is 0 Å². The molecule has 0 aromatic heterocycles. The lowest BCUT2D eigenvalue weighted by molar-refractivity contribution is 0.0979. The summed E-state index contributed by atoms with van der Waals surface area (Å²) in [6.45, 7) is 8.00. The summed E-state index contributed by atoms with van der Waals surface area (Å²) in [6.07, 6.45) is 1.02. The number of alkyl halides is 1. The Kier molecular flexibility index (Phi) is 4.80. The van der Waals surface area contributed by atoms with Gasteiger partial charge in [0.05, 0.1) is 5.56 Å². The number of hydrogen-bond donors (Lipinski definition) is 1. The maximum Gasteiger partial charge on any atom is 0.166 e. The monoisotopic (exact) mass is 268 g/mol. The standard InChI is InChI=1S/C15H21ClO2/c1-10-8-11(13(17)6-5-7-16)14(18)12(9-10)15(2,3)4/h8-9,18H,5-7H2,1-4H3. The van der Waals surface area contributed by atoms with Crippen molar-refractivity contribution in [3.63, 3.8) is 0 Å². The second kappa shape index (κ2) is 5.75. The van der Waals surface area contributed by atoms with Crippen molar-refractivity contribution in [3.8, 4) is 5.75 Å². The van der Waals surface area contributed by atoms with E-state index < -0.39 is 0 Å². The van der Waals surface area contributed by atoms with Gasteiger partial charge in [-0.25, -0.2) is 0 Å². The van der Waals surface area contributed by atoms with Gasteiger partial charge in [-0.3, -0.25) is 4.79 Å². The van der Waals surface area contributed by atoms with Gasteiger partial charge in [0, 0.05) is 17.9 Å². The first-order chi connectivity index (χ1) is 8.27. The predicted octanol–water partition coefficient (Wildman–Crippen LogP) is 4.20. The van der Waals surface area contributed by atoms with E-state index in [-0.39, 0.29) is 16.9 Å². The Labute approximate surface area is 114 Å². The molecule has 0 saturated heterocycles. The van der Waals surface area contributed by atoms with E-state index in [0.29, 0.717) is 24.3 Å². The second-order valence-corrected chi connectivity index (χ2v) is 6.05. The minimum atomic E-state index is -0.183. The Balaban J connectivity index is 3.21. The molecular weight excluding hydrogens is 248 g/mol. The molecule has 0 heterocycles. The van der Waals surface area contributed by atoms with E-state index in [0.717, 1.165) is 11.1 Å². The van der Waals surface area contributed by atoms with Crippen molar-refractivity contribution in [3.05, 3.63) is 28.8 Å². The number of hydrogen-bond acceptors (Lipinski definition) is 2. The SMILES string of the molecule is Cc1cc(C(=O)CCCCl)c(O)c(C(C)(C)C)c1. The fourth-order valence-electron chi connectivity index (χ4n) is 1.93. The number of aromatic hydroxyl groups is 1. The molecule has 1 aromatic carbocycles. The molecule has 0 fully saturated rings. The summed E-state index contributed by atoms with van der Waals surface area (Å²) in [5, 5.41) is 10.3. The van der Waals surface area contributed by atoms with Crippen LogP contribution in [0, 0.1) is 6.92 Å². The molecule has 18 heavy (non-hydrogen) atoms. The van der Waals surface area contributed by atoms with Crippen LogP contribution in [-0.2, 0) is 5.41 Å². The molecule has 0 aliphatic rings. The third-order valence-corrected chi connectivity index (χ3v) is 3.17. The van der Waals surface area contributed by atoms with Gasteiger partial charge in [-0.1, -0.05) is 26.8 Å². The largest absolute Gasteiger partial charge is 0.507 e. The van der Waals surface area contributed by atoms with Crippen LogP contribution in [0.2, 0.25) is 0 Å². The molecule has 100 valence electrons. The van der Waals surface area contributed by atoms with Crippen molar-refractivity contribution in [1.82, 2.24) is 0 Å². The van der Waals surface area contributed by atoms with Gasteiger partial charge in [0.25, 0.3) is 0 Å². The van der Waals surface area contributed by atoms with Gasteiger partial charge >= 0.3 is 0 Å². The lowest BCUT2D eigenvalue weighted by Crippen LogP contribution is -2.14. The second-order valence-electron chi connectivity index (χ2n) is 5.67. The zero-order chi connectivity index (χ0) is 13.9. The lowest BCUT2D eigenvalue weighted by atomic mass is 9.83. The van der Waals surface area contributed by atoms with Gasteiger partial charge < -0.3 is 5.11 Å². The number of aryl methyl sites for hydroxylation is 1. The first kappa shape index (κ1) is 15.0. The average Bonchev–Trinajstić information content (AvgIpc) is 2.27. The van der Waals surface area contributed by atoms with Crippen LogP contribution >= 0.6 is 11.6 Å². The summed E-state index contributed by atoms with van der Waals surface area (Å²) < 4.78 is 0. The summed E-state index contributed by atoms with van der Waals surface area (Å²) in [5.41, 5.74) is 2.05. The van der Waals surface area contributed by atoms with Crippen LogP contribution in [-0.4, -0.2) is 16.8 Å². The number of halogens is 1. The molecule has 0 bridgehead atoms. The molecule has 0 radical (unpaired) electrons. The number of carbonyl (C=O) groups excluding carboxylic acids is 1. The molecule has 0 saturated carbocycles. The molecule has 3 heteroatoms. The summed E-state index contributed by atoms with van der Waals surface area (Å²) in [7, 11) is 0. The number of carbonyl (C=O) groups is 1. The number of ketones is 1. The van der Waals surface area contributed by atoms with Crippen molar-refractivity contribution < 1.29 is 9.90 Å². The third kappa shape index (κ3) is 3.49. The van der Waals surface area contributed by atoms with Crippen LogP contribution in [0.3, 0.4) is 0 Å². The molecule has 0 unspecified atom stereocenters. The number of rotatable bonds is 4. The van der Waals surface area contributed by atoms with Gasteiger partial charge in [0.2, 0.25) is 0 Å². The van der Waals surface area contributed by atoms with E-state index in [1.165, 1.54) is 0 Å². The first-order valence-electron chi connectivity index (χ1n) is 6.20. The minimum absolute atomic E-state index is 0.0395. The highest BCUT2D eigenvalue weighted by Gasteiger charge is 2.23. The smallest absolute Gasteiger partial charge is 0.166 e. The Morgan fingerprint density at radius 2 is 1.94 bits per heavy atom. The molecule has 0 aliphatic carbocycles. The van der Waals surface area contributed by atoms with Gasteiger partial charge in [-0.15, -0.1) is 11.6 Å². The molecule has 2 nitrogen and oxygen atoms in total. The highest BCUT2D eigenvalue weighted by Crippen LogP contribution is 2.34. The fourth-order valence-corrected chi connectivity index (χ4v) is 2.06. The van der Waals surface area contributed by atoms with Gasteiger partial charge in [0.1, 0.15) is 5.75 Å². The Bertz CT molecular complexity index is 445. The van der Waals surface area contributed by atoms with Crippen LogP contribution in [0.5, 0.6) is 5.75 Å². The lowest BCUT2D eigenvalue weighted by Gasteiger charge is -2.22. The maximum absolute atomic E-state index is 12.0. The minimum Gasteiger partial charge on any atom is -0.507 e. The molecular formula is C15H21ClO2. The van der Waals surface area contributed by atoms with Crippen LogP contribution in [0.15, 0.2) is 12.1 Å². The van der Waals surface area contributed by atoms with E-state index in [1.807, 2.05) is 33.8 Å². The van der Waals surface area contributed by atoms with E-state index >= 15 is 0 Å². The number of phenols is 1. The highest BCUT2D eigenvalue weighted by atomic mass is 35.5. The predicted molar refractivity (Wildman–Crippen MR) is 75.8 cm³/mol. The summed E-state index contributed by atoms with van der Waals surface area (Å²) in [5.74, 6) is 0.541. The van der Waals surface area contributed by atoms with Crippen molar-refractivity contribution in [2.45, 2.75) is 46.0 Å². The molecule has 1 aromatic rings. The molecule has 0 atom stereocenters. The third-order valence-electron chi connectivity index (χ3n) is 2.90. The van der Waals surface area contributed by atoms with Crippen LogP contribution in [0.25, 0.3) is 0 Å². The zero-order valence-corrected chi connectivity index (χ0v) is 12.3. The Morgan fingerprint density at radius 3 is 2.44 bits per heavy atom.